The highest BCUT2D eigenvalue weighted by Crippen LogP contribution is 2.24. The Hall–Kier alpha value is -2.28. The average molecular weight is 346 g/mol. The quantitative estimate of drug-likeness (QED) is 0.833. The van der Waals surface area contributed by atoms with Gasteiger partial charge in [0.2, 0.25) is 0 Å². The summed E-state index contributed by atoms with van der Waals surface area (Å²) in [6.07, 6.45) is 4.31. The molecule has 1 fully saturated rings. The summed E-state index contributed by atoms with van der Waals surface area (Å²) in [5.41, 5.74) is 1.32. The molecule has 1 aliphatic rings. The molecule has 0 radical (unpaired) electrons. The number of nitrogens with zero attached hydrogens (tertiary/aromatic N) is 4. The van der Waals surface area contributed by atoms with Crippen LogP contribution in [-0.2, 0) is 19.5 Å². The third-order valence-electron chi connectivity index (χ3n) is 4.82. The van der Waals surface area contributed by atoms with Gasteiger partial charge in [-0.15, -0.1) is 0 Å². The van der Waals surface area contributed by atoms with Gasteiger partial charge in [-0.25, -0.2) is 18.9 Å². The monoisotopic (exact) mass is 346 g/mol. The maximum atomic E-state index is 12.5. The van der Waals surface area contributed by atoms with Gasteiger partial charge in [0.15, 0.2) is 0 Å². The molecule has 7 heteroatoms. The van der Waals surface area contributed by atoms with E-state index in [2.05, 4.69) is 15.0 Å². The number of hydrogen-bond acceptors (Lipinski definition) is 4. The number of alkyl halides is 1. The number of hydrogen-bond donors (Lipinski definition) is 1. The van der Waals surface area contributed by atoms with Gasteiger partial charge < -0.3 is 5.11 Å². The van der Waals surface area contributed by atoms with E-state index >= 15 is 0 Å². The Morgan fingerprint density at radius 3 is 2.76 bits per heavy atom. The zero-order chi connectivity index (χ0) is 17.6. The van der Waals surface area contributed by atoms with Crippen molar-refractivity contribution < 1.29 is 14.3 Å². The van der Waals surface area contributed by atoms with E-state index in [1.165, 1.54) is 6.33 Å². The summed E-state index contributed by atoms with van der Waals surface area (Å²) >= 11 is 0. The van der Waals surface area contributed by atoms with Crippen molar-refractivity contribution in [3.8, 4) is 0 Å². The first-order valence-corrected chi connectivity index (χ1v) is 8.63. The van der Waals surface area contributed by atoms with Crippen LogP contribution in [0, 0.1) is 5.92 Å². The Morgan fingerprint density at radius 1 is 1.28 bits per heavy atom. The molecule has 0 amide bonds. The van der Waals surface area contributed by atoms with E-state index in [1.54, 1.807) is 16.8 Å². The van der Waals surface area contributed by atoms with Crippen LogP contribution in [0.3, 0.4) is 0 Å². The molecular formula is C18H23FN4O2. The van der Waals surface area contributed by atoms with Crippen LogP contribution >= 0.6 is 0 Å². The number of piperidine rings is 1. The Bertz CT molecular complexity index is 711. The second-order valence-electron chi connectivity index (χ2n) is 6.47. The standard InChI is InChI=1S/C18H23FN4O2/c19-7-10-23-17(20-13-21-23)12-22-8-5-14(6-9-22)11-15-3-1-2-4-16(15)18(24)25/h1-4,13-14H,5-12H2,(H,24,25). The molecule has 134 valence electrons. The number of rotatable bonds is 7. The lowest BCUT2D eigenvalue weighted by Crippen LogP contribution is -2.35. The van der Waals surface area contributed by atoms with Crippen molar-refractivity contribution in [3.05, 3.63) is 47.5 Å². The van der Waals surface area contributed by atoms with Crippen molar-refractivity contribution in [2.75, 3.05) is 19.8 Å². The van der Waals surface area contributed by atoms with E-state index in [0.29, 0.717) is 18.0 Å². The lowest BCUT2D eigenvalue weighted by molar-refractivity contribution is 0.0695. The van der Waals surface area contributed by atoms with Crippen LogP contribution in [0.15, 0.2) is 30.6 Å². The smallest absolute Gasteiger partial charge is 0.335 e. The topological polar surface area (TPSA) is 71.2 Å². The van der Waals surface area contributed by atoms with Crippen LogP contribution in [0.25, 0.3) is 0 Å². The molecule has 1 aromatic heterocycles. The van der Waals surface area contributed by atoms with Gasteiger partial charge in [-0.2, -0.15) is 5.10 Å². The molecular weight excluding hydrogens is 323 g/mol. The van der Waals surface area contributed by atoms with Gasteiger partial charge in [-0.1, -0.05) is 18.2 Å². The maximum Gasteiger partial charge on any atom is 0.335 e. The van der Waals surface area contributed by atoms with Gasteiger partial charge in [-0.3, -0.25) is 4.90 Å². The maximum absolute atomic E-state index is 12.5. The average Bonchev–Trinajstić information content (AvgIpc) is 3.04. The predicted octanol–water partition coefficient (Wildman–Crippen LogP) is 2.40. The van der Waals surface area contributed by atoms with Gasteiger partial charge in [0.05, 0.1) is 18.7 Å². The van der Waals surface area contributed by atoms with E-state index in [9.17, 15) is 14.3 Å². The van der Waals surface area contributed by atoms with Gasteiger partial charge >= 0.3 is 5.97 Å². The zero-order valence-corrected chi connectivity index (χ0v) is 14.1. The minimum Gasteiger partial charge on any atom is -0.478 e. The number of carboxylic acid groups (broad SMARTS) is 1. The number of aryl methyl sites for hydroxylation is 1. The molecule has 2 heterocycles. The number of halogens is 1. The van der Waals surface area contributed by atoms with Gasteiger partial charge in [0.1, 0.15) is 18.8 Å². The second kappa shape index (κ2) is 8.20. The summed E-state index contributed by atoms with van der Waals surface area (Å²) in [5, 5.41) is 13.4. The summed E-state index contributed by atoms with van der Waals surface area (Å²) in [6.45, 7) is 2.35. The molecule has 0 aliphatic carbocycles. The minimum absolute atomic E-state index is 0.248. The Balaban J connectivity index is 1.54. The van der Waals surface area contributed by atoms with E-state index in [1.807, 2.05) is 12.1 Å². The Labute approximate surface area is 146 Å². The summed E-state index contributed by atoms with van der Waals surface area (Å²) in [7, 11) is 0. The summed E-state index contributed by atoms with van der Waals surface area (Å²) in [4.78, 5) is 17.9. The first-order chi connectivity index (χ1) is 12.2. The molecule has 6 nitrogen and oxygen atoms in total. The lowest BCUT2D eigenvalue weighted by atomic mass is 9.88. The fourth-order valence-electron chi connectivity index (χ4n) is 3.44. The fourth-order valence-corrected chi connectivity index (χ4v) is 3.44. The molecule has 0 spiro atoms. The third kappa shape index (κ3) is 4.42. The number of benzene rings is 1. The van der Waals surface area contributed by atoms with E-state index in [4.69, 9.17) is 0 Å². The molecule has 1 aromatic carbocycles. The highest BCUT2D eigenvalue weighted by molar-refractivity contribution is 5.89. The Kier molecular flexibility index (Phi) is 5.75. The molecule has 2 aromatic rings. The normalized spacial score (nSPS) is 16.2. The predicted molar refractivity (Wildman–Crippen MR) is 91.1 cm³/mol. The number of carbonyl (C=O) groups is 1. The molecule has 25 heavy (non-hydrogen) atoms. The molecule has 0 unspecified atom stereocenters. The minimum atomic E-state index is -0.861. The van der Waals surface area contributed by atoms with Crippen molar-refractivity contribution in [1.29, 1.82) is 0 Å². The van der Waals surface area contributed by atoms with Crippen molar-refractivity contribution in [2.45, 2.75) is 32.4 Å². The lowest BCUT2D eigenvalue weighted by Gasteiger charge is -2.31. The summed E-state index contributed by atoms with van der Waals surface area (Å²) in [6, 6.07) is 7.25. The van der Waals surface area contributed by atoms with Crippen LogP contribution < -0.4 is 0 Å². The molecule has 1 saturated heterocycles. The van der Waals surface area contributed by atoms with Crippen LogP contribution in [0.1, 0.15) is 34.6 Å². The van der Waals surface area contributed by atoms with Gasteiger partial charge in [-0.05, 0) is 49.9 Å². The highest BCUT2D eigenvalue weighted by atomic mass is 19.1. The molecule has 1 aliphatic heterocycles. The number of aromatic carboxylic acids is 1. The van der Waals surface area contributed by atoms with Crippen LogP contribution in [0.5, 0.6) is 0 Å². The largest absolute Gasteiger partial charge is 0.478 e. The van der Waals surface area contributed by atoms with Crippen molar-refractivity contribution in [1.82, 2.24) is 19.7 Å². The second-order valence-corrected chi connectivity index (χ2v) is 6.47. The van der Waals surface area contributed by atoms with Gasteiger partial charge in [0.25, 0.3) is 0 Å². The van der Waals surface area contributed by atoms with Crippen molar-refractivity contribution in [3.63, 3.8) is 0 Å². The first kappa shape index (κ1) is 17.5. The number of carboxylic acids is 1. The highest BCUT2D eigenvalue weighted by Gasteiger charge is 2.22. The van der Waals surface area contributed by atoms with Crippen molar-refractivity contribution in [2.24, 2.45) is 5.92 Å². The zero-order valence-electron chi connectivity index (χ0n) is 14.1. The molecule has 0 saturated carbocycles. The fraction of sp³-hybridized carbons (Fsp3) is 0.500. The molecule has 0 atom stereocenters. The summed E-state index contributed by atoms with van der Waals surface area (Å²) < 4.78 is 14.1. The first-order valence-electron chi connectivity index (χ1n) is 8.63. The molecule has 1 N–H and O–H groups in total. The van der Waals surface area contributed by atoms with Crippen molar-refractivity contribution >= 4 is 5.97 Å². The molecule has 0 bridgehead atoms. The van der Waals surface area contributed by atoms with Crippen LogP contribution in [-0.4, -0.2) is 50.5 Å². The molecule has 3 rings (SSSR count). The van der Waals surface area contributed by atoms with E-state index < -0.39 is 12.6 Å². The number of aromatic nitrogens is 3. The third-order valence-corrected chi connectivity index (χ3v) is 4.82. The SMILES string of the molecule is O=C(O)c1ccccc1CC1CCN(Cc2ncnn2CCF)CC1. The van der Waals surface area contributed by atoms with E-state index in [0.717, 1.165) is 43.7 Å². The van der Waals surface area contributed by atoms with Crippen LogP contribution in [0.4, 0.5) is 4.39 Å². The Morgan fingerprint density at radius 2 is 2.04 bits per heavy atom. The van der Waals surface area contributed by atoms with Crippen LogP contribution in [0.2, 0.25) is 0 Å². The summed E-state index contributed by atoms with van der Waals surface area (Å²) in [5.74, 6) is 0.424. The van der Waals surface area contributed by atoms with Gasteiger partial charge in [0, 0.05) is 0 Å². The number of likely N-dealkylation sites (tertiary alicyclic amines) is 1. The van der Waals surface area contributed by atoms with E-state index in [-0.39, 0.29) is 6.54 Å².